The zero-order chi connectivity index (χ0) is 20.8. The zero-order valence-corrected chi connectivity index (χ0v) is 17.1. The standard InChI is InChI=1S/C21H30N4O4/c1-3-7-22-21(28)25-12-16-9-15(10-18(16)24-19(26)13-25)20(27)23-11-14-5-4-6-17(8-14)29-2/h4-6,8,15-16,18H,3,7,9-13H2,1-2H3,(H,22,28)(H,23,27)(H,24,26)/t15-,16+,18+/m0/s1. The van der Waals surface area contributed by atoms with E-state index in [1.165, 1.54) is 0 Å². The van der Waals surface area contributed by atoms with Crippen LogP contribution in [0.3, 0.4) is 0 Å². The molecule has 3 atom stereocenters. The molecule has 3 N–H and O–H groups in total. The Balaban J connectivity index is 1.56. The number of fused-ring (bicyclic) bond motifs is 1. The molecule has 0 radical (unpaired) electrons. The molecule has 4 amide bonds. The number of amides is 4. The molecule has 158 valence electrons. The average Bonchev–Trinajstić information content (AvgIpc) is 3.04. The Morgan fingerprint density at radius 1 is 1.28 bits per heavy atom. The molecular formula is C21H30N4O4. The molecule has 2 aliphatic rings. The van der Waals surface area contributed by atoms with Crippen molar-refractivity contribution in [2.45, 2.75) is 38.8 Å². The fourth-order valence-corrected chi connectivity index (χ4v) is 4.11. The summed E-state index contributed by atoms with van der Waals surface area (Å²) in [6.45, 7) is 3.55. The molecule has 0 unspecified atom stereocenters. The lowest BCUT2D eigenvalue weighted by molar-refractivity contribution is -0.125. The maximum Gasteiger partial charge on any atom is 0.317 e. The van der Waals surface area contributed by atoms with Gasteiger partial charge in [0.15, 0.2) is 0 Å². The van der Waals surface area contributed by atoms with E-state index in [1.54, 1.807) is 12.0 Å². The highest BCUT2D eigenvalue weighted by molar-refractivity contribution is 5.85. The third-order valence-corrected chi connectivity index (χ3v) is 5.62. The number of methoxy groups -OCH3 is 1. The van der Waals surface area contributed by atoms with E-state index in [4.69, 9.17) is 4.74 Å². The highest BCUT2D eigenvalue weighted by atomic mass is 16.5. The number of nitrogens with zero attached hydrogens (tertiary/aromatic N) is 1. The second-order valence-corrected chi connectivity index (χ2v) is 7.78. The van der Waals surface area contributed by atoms with Crippen LogP contribution < -0.4 is 20.7 Å². The van der Waals surface area contributed by atoms with Crippen LogP contribution in [-0.4, -0.2) is 55.5 Å². The van der Waals surface area contributed by atoms with Crippen molar-refractivity contribution in [3.05, 3.63) is 29.8 Å². The molecule has 1 aliphatic heterocycles. The number of hydrogen-bond acceptors (Lipinski definition) is 4. The van der Waals surface area contributed by atoms with Gasteiger partial charge in [0.05, 0.1) is 7.11 Å². The third kappa shape index (κ3) is 5.40. The Hall–Kier alpha value is -2.77. The topological polar surface area (TPSA) is 99.8 Å². The van der Waals surface area contributed by atoms with Gasteiger partial charge in [0.1, 0.15) is 12.3 Å². The summed E-state index contributed by atoms with van der Waals surface area (Å²) in [4.78, 5) is 38.8. The van der Waals surface area contributed by atoms with E-state index in [0.29, 0.717) is 32.5 Å². The van der Waals surface area contributed by atoms with Crippen LogP contribution in [0.4, 0.5) is 4.79 Å². The van der Waals surface area contributed by atoms with Crippen molar-refractivity contribution in [1.82, 2.24) is 20.9 Å². The Kier molecular flexibility index (Phi) is 6.95. The van der Waals surface area contributed by atoms with Gasteiger partial charge in [0, 0.05) is 31.6 Å². The molecule has 1 heterocycles. The monoisotopic (exact) mass is 402 g/mol. The molecule has 1 saturated carbocycles. The number of rotatable bonds is 6. The molecule has 8 nitrogen and oxygen atoms in total. The molecule has 3 rings (SSSR count). The number of urea groups is 1. The smallest absolute Gasteiger partial charge is 0.317 e. The van der Waals surface area contributed by atoms with Crippen LogP contribution in [0.2, 0.25) is 0 Å². The van der Waals surface area contributed by atoms with Gasteiger partial charge in [-0.1, -0.05) is 19.1 Å². The lowest BCUT2D eigenvalue weighted by atomic mass is 10.0. The fourth-order valence-electron chi connectivity index (χ4n) is 4.11. The highest BCUT2D eigenvalue weighted by Gasteiger charge is 2.42. The molecule has 29 heavy (non-hydrogen) atoms. The molecule has 1 saturated heterocycles. The van der Waals surface area contributed by atoms with Crippen molar-refractivity contribution >= 4 is 17.8 Å². The first-order chi connectivity index (χ1) is 14.0. The second-order valence-electron chi connectivity index (χ2n) is 7.78. The van der Waals surface area contributed by atoms with Crippen LogP contribution in [-0.2, 0) is 16.1 Å². The van der Waals surface area contributed by atoms with Gasteiger partial charge < -0.3 is 25.6 Å². The molecule has 0 spiro atoms. The van der Waals surface area contributed by atoms with Gasteiger partial charge in [0.25, 0.3) is 0 Å². The lowest BCUT2D eigenvalue weighted by Gasteiger charge is -2.23. The molecular weight excluding hydrogens is 372 g/mol. The minimum atomic E-state index is -0.214. The first kappa shape index (κ1) is 21.0. The van der Waals surface area contributed by atoms with Crippen molar-refractivity contribution in [2.75, 3.05) is 26.7 Å². The third-order valence-electron chi connectivity index (χ3n) is 5.62. The van der Waals surface area contributed by atoms with Gasteiger partial charge >= 0.3 is 6.03 Å². The zero-order valence-electron chi connectivity index (χ0n) is 17.1. The minimum Gasteiger partial charge on any atom is -0.497 e. The molecule has 2 fully saturated rings. The van der Waals surface area contributed by atoms with E-state index in [1.807, 2.05) is 31.2 Å². The molecule has 0 aromatic heterocycles. The van der Waals surface area contributed by atoms with E-state index in [-0.39, 0.29) is 42.3 Å². The Morgan fingerprint density at radius 2 is 2.10 bits per heavy atom. The summed E-state index contributed by atoms with van der Waals surface area (Å²) < 4.78 is 5.21. The van der Waals surface area contributed by atoms with Crippen LogP contribution in [0, 0.1) is 11.8 Å². The van der Waals surface area contributed by atoms with Gasteiger partial charge in [-0.05, 0) is 42.9 Å². The van der Waals surface area contributed by atoms with Gasteiger partial charge in [-0.3, -0.25) is 9.59 Å². The van der Waals surface area contributed by atoms with Crippen LogP contribution in [0.15, 0.2) is 24.3 Å². The summed E-state index contributed by atoms with van der Waals surface area (Å²) in [6, 6.07) is 7.30. The SMILES string of the molecule is CCCNC(=O)N1CC(=O)N[C@@H]2C[C@@H](C(=O)NCc3cccc(OC)c3)C[C@@H]2C1. The van der Waals surface area contributed by atoms with E-state index >= 15 is 0 Å². The number of ether oxygens (including phenoxy) is 1. The van der Waals surface area contributed by atoms with E-state index in [9.17, 15) is 14.4 Å². The summed E-state index contributed by atoms with van der Waals surface area (Å²) in [6.07, 6.45) is 2.10. The maximum absolute atomic E-state index is 12.7. The maximum atomic E-state index is 12.7. The summed E-state index contributed by atoms with van der Waals surface area (Å²) in [5, 5.41) is 8.82. The number of hydrogen-bond donors (Lipinski definition) is 3. The minimum absolute atomic E-state index is 0.0165. The van der Waals surface area contributed by atoms with E-state index in [0.717, 1.165) is 17.7 Å². The summed E-state index contributed by atoms with van der Waals surface area (Å²) >= 11 is 0. The van der Waals surface area contributed by atoms with Crippen LogP contribution >= 0.6 is 0 Å². The number of benzene rings is 1. The van der Waals surface area contributed by atoms with E-state index < -0.39 is 0 Å². The van der Waals surface area contributed by atoms with Gasteiger partial charge in [-0.15, -0.1) is 0 Å². The van der Waals surface area contributed by atoms with Gasteiger partial charge in [0.2, 0.25) is 11.8 Å². The molecule has 0 bridgehead atoms. The first-order valence-corrected chi connectivity index (χ1v) is 10.2. The lowest BCUT2D eigenvalue weighted by Crippen LogP contribution is -2.44. The Bertz CT molecular complexity index is 754. The van der Waals surface area contributed by atoms with Crippen molar-refractivity contribution in [2.24, 2.45) is 11.8 Å². The van der Waals surface area contributed by atoms with Crippen molar-refractivity contribution in [1.29, 1.82) is 0 Å². The van der Waals surface area contributed by atoms with Crippen molar-refractivity contribution < 1.29 is 19.1 Å². The highest BCUT2D eigenvalue weighted by Crippen LogP contribution is 2.33. The normalized spacial score (nSPS) is 23.6. The van der Waals surface area contributed by atoms with Crippen molar-refractivity contribution in [3.8, 4) is 5.75 Å². The summed E-state index contributed by atoms with van der Waals surface area (Å²) in [5.74, 6) is 0.485. The van der Waals surface area contributed by atoms with Crippen LogP contribution in [0.1, 0.15) is 31.7 Å². The van der Waals surface area contributed by atoms with Gasteiger partial charge in [-0.25, -0.2) is 4.79 Å². The first-order valence-electron chi connectivity index (χ1n) is 10.2. The van der Waals surface area contributed by atoms with Crippen molar-refractivity contribution in [3.63, 3.8) is 0 Å². The molecule has 1 aliphatic carbocycles. The summed E-state index contributed by atoms with van der Waals surface area (Å²) in [5.41, 5.74) is 0.969. The van der Waals surface area contributed by atoms with Crippen LogP contribution in [0.25, 0.3) is 0 Å². The molecule has 8 heteroatoms. The predicted octanol–water partition coefficient (Wildman–Crippen LogP) is 1.26. The number of nitrogens with one attached hydrogen (secondary N) is 3. The fraction of sp³-hybridized carbons (Fsp3) is 0.571. The summed E-state index contributed by atoms with van der Waals surface area (Å²) in [7, 11) is 1.61. The Labute approximate surface area is 171 Å². The van der Waals surface area contributed by atoms with Gasteiger partial charge in [-0.2, -0.15) is 0 Å². The predicted molar refractivity (Wildman–Crippen MR) is 108 cm³/mol. The molecule has 1 aromatic rings. The number of carbonyl (C=O) groups is 3. The number of carbonyl (C=O) groups excluding carboxylic acids is 3. The largest absolute Gasteiger partial charge is 0.497 e. The van der Waals surface area contributed by atoms with Crippen LogP contribution in [0.5, 0.6) is 5.75 Å². The van der Waals surface area contributed by atoms with E-state index in [2.05, 4.69) is 16.0 Å². The quantitative estimate of drug-likeness (QED) is 0.667. The molecule has 1 aromatic carbocycles. The Morgan fingerprint density at radius 3 is 2.86 bits per heavy atom. The second kappa shape index (κ2) is 9.62. The average molecular weight is 402 g/mol.